The number of hydroxylamine groups is 1. The first-order valence-electron chi connectivity index (χ1n) is 8.81. The summed E-state index contributed by atoms with van der Waals surface area (Å²) in [5.74, 6) is 0.274. The van der Waals surface area contributed by atoms with Crippen molar-refractivity contribution in [1.82, 2.24) is 10.4 Å². The van der Waals surface area contributed by atoms with Gasteiger partial charge < -0.3 is 9.64 Å². The van der Waals surface area contributed by atoms with Crippen LogP contribution in [0.3, 0.4) is 0 Å². The van der Waals surface area contributed by atoms with Gasteiger partial charge in [0.2, 0.25) is 11.8 Å². The largest absolute Gasteiger partial charge is 0.489 e. The van der Waals surface area contributed by atoms with Crippen LogP contribution in [-0.4, -0.2) is 28.5 Å². The maximum Gasteiger partial charge on any atom is 0.247 e. The number of rotatable bonds is 8. The molecule has 2 N–H and O–H groups in total. The Hall–Kier alpha value is -3.12. The number of hydrogen-bond acceptors (Lipinski definition) is 4. The summed E-state index contributed by atoms with van der Waals surface area (Å²) in [4.78, 5) is 24.9. The lowest BCUT2D eigenvalue weighted by Gasteiger charge is -2.17. The minimum absolute atomic E-state index is 0.0567. The summed E-state index contributed by atoms with van der Waals surface area (Å²) in [5, 5.41) is 8.53. The van der Waals surface area contributed by atoms with Crippen LogP contribution in [0.15, 0.2) is 66.2 Å². The van der Waals surface area contributed by atoms with Crippen molar-refractivity contribution in [2.75, 3.05) is 6.54 Å². The summed E-state index contributed by atoms with van der Waals surface area (Å²) >= 11 is 0. The summed E-state index contributed by atoms with van der Waals surface area (Å²) in [5.41, 5.74) is 4.62. The zero-order valence-corrected chi connectivity index (χ0v) is 14.9. The van der Waals surface area contributed by atoms with Crippen LogP contribution >= 0.6 is 0 Å². The van der Waals surface area contributed by atoms with E-state index in [9.17, 15) is 9.59 Å². The van der Waals surface area contributed by atoms with Gasteiger partial charge in [-0.1, -0.05) is 42.5 Å². The Morgan fingerprint density at radius 3 is 2.52 bits per heavy atom. The van der Waals surface area contributed by atoms with Crippen molar-refractivity contribution in [3.05, 3.63) is 77.4 Å². The van der Waals surface area contributed by atoms with Crippen molar-refractivity contribution >= 4 is 11.8 Å². The SMILES string of the molecule is O=C(CCC1=CC(=O)N(Cc2ccc(OCc3ccccc3)cc2)C1)NO. The minimum atomic E-state index is -0.451. The van der Waals surface area contributed by atoms with E-state index in [1.807, 2.05) is 54.6 Å². The molecule has 27 heavy (non-hydrogen) atoms. The van der Waals surface area contributed by atoms with Crippen LogP contribution in [0.5, 0.6) is 5.75 Å². The van der Waals surface area contributed by atoms with Crippen molar-refractivity contribution in [1.29, 1.82) is 0 Å². The first-order chi connectivity index (χ1) is 13.1. The molecular weight excluding hydrogens is 344 g/mol. The van der Waals surface area contributed by atoms with Crippen molar-refractivity contribution in [3.8, 4) is 5.75 Å². The van der Waals surface area contributed by atoms with Crippen LogP contribution in [-0.2, 0) is 22.7 Å². The number of nitrogens with one attached hydrogen (secondary N) is 1. The predicted molar refractivity (Wildman–Crippen MR) is 99.9 cm³/mol. The van der Waals surface area contributed by atoms with E-state index in [0.29, 0.717) is 26.1 Å². The van der Waals surface area contributed by atoms with Crippen LogP contribution < -0.4 is 10.2 Å². The Morgan fingerprint density at radius 1 is 1.07 bits per heavy atom. The maximum atomic E-state index is 12.1. The van der Waals surface area contributed by atoms with Gasteiger partial charge >= 0.3 is 0 Å². The van der Waals surface area contributed by atoms with E-state index >= 15 is 0 Å². The summed E-state index contributed by atoms with van der Waals surface area (Å²) in [6.07, 6.45) is 2.19. The van der Waals surface area contributed by atoms with Crippen molar-refractivity contribution in [2.24, 2.45) is 0 Å². The highest BCUT2D eigenvalue weighted by molar-refractivity contribution is 5.91. The van der Waals surface area contributed by atoms with Crippen LogP contribution in [0.25, 0.3) is 0 Å². The highest BCUT2D eigenvalue weighted by atomic mass is 16.5. The third-order valence-electron chi connectivity index (χ3n) is 4.38. The highest BCUT2D eigenvalue weighted by Gasteiger charge is 2.21. The smallest absolute Gasteiger partial charge is 0.247 e. The molecule has 0 aliphatic carbocycles. The minimum Gasteiger partial charge on any atom is -0.489 e. The van der Waals surface area contributed by atoms with Crippen molar-refractivity contribution < 1.29 is 19.5 Å². The molecule has 0 bridgehead atoms. The standard InChI is InChI=1S/C21H22N2O4/c24-20(22-26)11-8-18-12-21(25)23(14-18)13-16-6-9-19(10-7-16)27-15-17-4-2-1-3-5-17/h1-7,9-10,12,26H,8,11,13-15H2,(H,22,24). The number of carbonyl (C=O) groups is 2. The molecule has 6 nitrogen and oxygen atoms in total. The second kappa shape index (κ2) is 9.00. The van der Waals surface area contributed by atoms with Gasteiger partial charge in [0, 0.05) is 25.6 Å². The van der Waals surface area contributed by atoms with E-state index in [1.165, 1.54) is 0 Å². The Kier molecular flexibility index (Phi) is 6.22. The lowest BCUT2D eigenvalue weighted by Crippen LogP contribution is -2.25. The fourth-order valence-corrected chi connectivity index (χ4v) is 2.90. The van der Waals surface area contributed by atoms with Crippen LogP contribution in [0.4, 0.5) is 0 Å². The molecule has 0 aromatic heterocycles. The lowest BCUT2D eigenvalue weighted by molar-refractivity contribution is -0.129. The Balaban J connectivity index is 1.48. The van der Waals surface area contributed by atoms with E-state index in [0.717, 1.165) is 22.4 Å². The number of benzene rings is 2. The van der Waals surface area contributed by atoms with Gasteiger partial charge in [0.05, 0.1) is 0 Å². The molecule has 0 fully saturated rings. The third kappa shape index (κ3) is 5.43. The fourth-order valence-electron chi connectivity index (χ4n) is 2.90. The first kappa shape index (κ1) is 18.7. The molecule has 0 saturated heterocycles. The predicted octanol–water partition coefficient (Wildman–Crippen LogP) is 2.82. The van der Waals surface area contributed by atoms with Gasteiger partial charge in [-0.25, -0.2) is 5.48 Å². The molecule has 2 amide bonds. The molecule has 2 aromatic carbocycles. The van der Waals surface area contributed by atoms with Gasteiger partial charge in [-0.2, -0.15) is 0 Å². The highest BCUT2D eigenvalue weighted by Crippen LogP contribution is 2.20. The number of ether oxygens (including phenoxy) is 1. The molecule has 0 radical (unpaired) electrons. The molecule has 1 heterocycles. The summed E-state index contributed by atoms with van der Waals surface area (Å²) in [6.45, 7) is 1.52. The van der Waals surface area contributed by atoms with Crippen LogP contribution in [0, 0.1) is 0 Å². The van der Waals surface area contributed by atoms with Gasteiger partial charge in [-0.15, -0.1) is 0 Å². The lowest BCUT2D eigenvalue weighted by atomic mass is 10.1. The quantitative estimate of drug-likeness (QED) is 0.556. The van der Waals surface area contributed by atoms with E-state index in [1.54, 1.807) is 16.5 Å². The van der Waals surface area contributed by atoms with Crippen LogP contribution in [0.1, 0.15) is 24.0 Å². The zero-order valence-electron chi connectivity index (χ0n) is 14.9. The van der Waals surface area contributed by atoms with E-state index < -0.39 is 5.91 Å². The number of nitrogens with zero attached hydrogens (tertiary/aromatic N) is 1. The molecule has 140 valence electrons. The van der Waals surface area contributed by atoms with Gasteiger partial charge in [0.15, 0.2) is 0 Å². The Morgan fingerprint density at radius 2 is 1.81 bits per heavy atom. The van der Waals surface area contributed by atoms with Gasteiger partial charge in [0.25, 0.3) is 0 Å². The van der Waals surface area contributed by atoms with E-state index in [2.05, 4.69) is 0 Å². The molecule has 2 aromatic rings. The fraction of sp³-hybridized carbons (Fsp3) is 0.238. The second-order valence-corrected chi connectivity index (χ2v) is 6.45. The third-order valence-corrected chi connectivity index (χ3v) is 4.38. The summed E-state index contributed by atoms with van der Waals surface area (Å²) < 4.78 is 5.77. The number of carbonyl (C=O) groups excluding carboxylic acids is 2. The van der Waals surface area contributed by atoms with E-state index in [4.69, 9.17) is 9.94 Å². The average Bonchev–Trinajstić information content (AvgIpc) is 3.05. The monoisotopic (exact) mass is 366 g/mol. The molecule has 0 saturated carbocycles. The zero-order chi connectivity index (χ0) is 19.1. The topological polar surface area (TPSA) is 78.9 Å². The normalized spacial score (nSPS) is 13.4. The van der Waals surface area contributed by atoms with Crippen LogP contribution in [0.2, 0.25) is 0 Å². The average molecular weight is 366 g/mol. The number of amides is 2. The van der Waals surface area contributed by atoms with Crippen molar-refractivity contribution in [3.63, 3.8) is 0 Å². The molecule has 0 atom stereocenters. The maximum absolute atomic E-state index is 12.1. The second-order valence-electron chi connectivity index (χ2n) is 6.45. The van der Waals surface area contributed by atoms with Gasteiger partial charge in [0.1, 0.15) is 12.4 Å². The Bertz CT molecular complexity index is 816. The molecule has 6 heteroatoms. The molecule has 1 aliphatic heterocycles. The summed E-state index contributed by atoms with van der Waals surface area (Å²) in [7, 11) is 0. The van der Waals surface area contributed by atoms with Gasteiger partial charge in [-0.05, 0) is 35.3 Å². The number of hydrogen-bond donors (Lipinski definition) is 2. The first-order valence-corrected chi connectivity index (χ1v) is 8.81. The molecule has 0 spiro atoms. The molecule has 0 unspecified atom stereocenters. The summed E-state index contributed by atoms with van der Waals surface area (Å²) in [6, 6.07) is 17.7. The molecule has 3 rings (SSSR count). The van der Waals surface area contributed by atoms with Crippen molar-refractivity contribution in [2.45, 2.75) is 26.0 Å². The van der Waals surface area contributed by atoms with E-state index in [-0.39, 0.29) is 12.3 Å². The molecule has 1 aliphatic rings. The Labute approximate surface area is 158 Å². The molecular formula is C21H22N2O4. The van der Waals surface area contributed by atoms with Gasteiger partial charge in [-0.3, -0.25) is 14.8 Å².